The van der Waals surface area contributed by atoms with E-state index in [1.165, 1.54) is 0 Å². The van der Waals surface area contributed by atoms with Crippen LogP contribution in [0.1, 0.15) is 57.7 Å². The molecule has 0 fully saturated rings. The SMILES string of the molecule is Cc1c(C(=O)C(C)(C)C)ncn1CC(C)(C)C. The van der Waals surface area contributed by atoms with E-state index in [1.807, 2.05) is 27.7 Å². The van der Waals surface area contributed by atoms with Gasteiger partial charge in [-0.2, -0.15) is 0 Å². The highest BCUT2D eigenvalue weighted by Gasteiger charge is 2.27. The van der Waals surface area contributed by atoms with Crippen LogP contribution in [0.3, 0.4) is 0 Å². The van der Waals surface area contributed by atoms with Crippen molar-refractivity contribution in [3.05, 3.63) is 17.7 Å². The summed E-state index contributed by atoms with van der Waals surface area (Å²) in [5.41, 5.74) is 1.40. The van der Waals surface area contributed by atoms with Crippen LogP contribution < -0.4 is 0 Å². The largest absolute Gasteiger partial charge is 0.334 e. The molecule has 0 unspecified atom stereocenters. The van der Waals surface area contributed by atoms with Crippen LogP contribution in [0.2, 0.25) is 0 Å². The number of nitrogens with zero attached hydrogens (tertiary/aromatic N) is 2. The van der Waals surface area contributed by atoms with Gasteiger partial charge in [0, 0.05) is 17.7 Å². The minimum Gasteiger partial charge on any atom is -0.334 e. The molecule has 0 N–H and O–H groups in total. The summed E-state index contributed by atoms with van der Waals surface area (Å²) < 4.78 is 2.07. The van der Waals surface area contributed by atoms with Gasteiger partial charge in [-0.1, -0.05) is 41.5 Å². The third kappa shape index (κ3) is 3.42. The molecule has 3 nitrogen and oxygen atoms in total. The van der Waals surface area contributed by atoms with Crippen molar-refractivity contribution < 1.29 is 4.79 Å². The van der Waals surface area contributed by atoms with Gasteiger partial charge in [-0.3, -0.25) is 4.79 Å². The van der Waals surface area contributed by atoms with Gasteiger partial charge in [-0.25, -0.2) is 4.98 Å². The predicted octanol–water partition coefficient (Wildman–Crippen LogP) is 3.47. The zero-order valence-corrected chi connectivity index (χ0v) is 12.1. The van der Waals surface area contributed by atoms with Crippen LogP contribution >= 0.6 is 0 Å². The molecule has 17 heavy (non-hydrogen) atoms. The van der Waals surface area contributed by atoms with E-state index in [1.54, 1.807) is 6.33 Å². The Morgan fingerprint density at radius 2 is 1.76 bits per heavy atom. The minimum atomic E-state index is -0.369. The molecule has 0 aromatic carbocycles. The number of ketones is 1. The standard InChI is InChI=1S/C14H24N2O/c1-10-11(12(17)14(5,6)7)15-9-16(10)8-13(2,3)4/h9H,8H2,1-7H3. The predicted molar refractivity (Wildman–Crippen MR) is 70.2 cm³/mol. The van der Waals surface area contributed by atoms with Gasteiger partial charge in [-0.15, -0.1) is 0 Å². The average Bonchev–Trinajstić information content (AvgIpc) is 2.43. The van der Waals surface area contributed by atoms with Crippen molar-refractivity contribution in [1.29, 1.82) is 0 Å². The lowest BCUT2D eigenvalue weighted by molar-refractivity contribution is 0.0852. The fraction of sp³-hybridized carbons (Fsp3) is 0.714. The molecule has 0 aliphatic rings. The molecule has 0 saturated heterocycles. The Balaban J connectivity index is 3.04. The third-order valence-corrected chi connectivity index (χ3v) is 2.64. The van der Waals surface area contributed by atoms with E-state index in [0.717, 1.165) is 12.2 Å². The van der Waals surface area contributed by atoms with E-state index in [4.69, 9.17) is 0 Å². The Bertz CT molecular complexity index is 416. The second-order valence-electron chi connectivity index (χ2n) is 6.95. The van der Waals surface area contributed by atoms with E-state index in [-0.39, 0.29) is 16.6 Å². The van der Waals surface area contributed by atoms with Crippen molar-refractivity contribution in [1.82, 2.24) is 9.55 Å². The van der Waals surface area contributed by atoms with Gasteiger partial charge in [0.1, 0.15) is 5.69 Å². The normalized spacial score (nSPS) is 12.9. The van der Waals surface area contributed by atoms with Crippen molar-refractivity contribution in [2.75, 3.05) is 0 Å². The van der Waals surface area contributed by atoms with E-state index < -0.39 is 0 Å². The lowest BCUT2D eigenvalue weighted by Crippen LogP contribution is -2.22. The van der Waals surface area contributed by atoms with Crippen LogP contribution in [0.4, 0.5) is 0 Å². The summed E-state index contributed by atoms with van der Waals surface area (Å²) in [5.74, 6) is 0.114. The molecule has 96 valence electrons. The highest BCUT2D eigenvalue weighted by molar-refractivity contribution is 5.99. The van der Waals surface area contributed by atoms with Crippen LogP contribution in [-0.4, -0.2) is 15.3 Å². The maximum absolute atomic E-state index is 12.2. The quantitative estimate of drug-likeness (QED) is 0.737. The van der Waals surface area contributed by atoms with Crippen LogP contribution in [0.25, 0.3) is 0 Å². The summed E-state index contributed by atoms with van der Waals surface area (Å²) in [6.07, 6.45) is 1.78. The molecule has 0 radical (unpaired) electrons. The molecule has 0 saturated carbocycles. The van der Waals surface area contributed by atoms with Crippen molar-refractivity contribution in [3.63, 3.8) is 0 Å². The maximum atomic E-state index is 12.2. The molecule has 0 aliphatic heterocycles. The van der Waals surface area contributed by atoms with Crippen LogP contribution in [0.15, 0.2) is 6.33 Å². The summed E-state index contributed by atoms with van der Waals surface area (Å²) in [5, 5.41) is 0. The molecular formula is C14H24N2O. The van der Waals surface area contributed by atoms with Gasteiger partial charge < -0.3 is 4.57 Å². The second kappa shape index (κ2) is 4.28. The van der Waals surface area contributed by atoms with Crippen LogP contribution in [0, 0.1) is 17.8 Å². The Kier molecular flexibility index (Phi) is 3.51. The summed E-state index contributed by atoms with van der Waals surface area (Å²) in [7, 11) is 0. The zero-order valence-electron chi connectivity index (χ0n) is 12.1. The van der Waals surface area contributed by atoms with Crippen molar-refractivity contribution >= 4 is 5.78 Å². The number of rotatable bonds is 2. The Morgan fingerprint density at radius 3 is 2.18 bits per heavy atom. The number of hydrogen-bond donors (Lipinski definition) is 0. The first-order valence-corrected chi connectivity index (χ1v) is 6.09. The number of aromatic nitrogens is 2. The summed E-state index contributed by atoms with van der Waals surface area (Å²) in [6.45, 7) is 15.2. The first-order chi connectivity index (χ1) is 7.52. The van der Waals surface area contributed by atoms with Gasteiger partial charge in [0.05, 0.1) is 6.33 Å². The van der Waals surface area contributed by atoms with E-state index in [0.29, 0.717) is 5.69 Å². The number of Topliss-reactive ketones (excluding diaryl/α,β-unsaturated/α-hetero) is 1. The lowest BCUT2D eigenvalue weighted by atomic mass is 9.88. The molecule has 3 heteroatoms. The third-order valence-electron chi connectivity index (χ3n) is 2.64. The monoisotopic (exact) mass is 236 g/mol. The van der Waals surface area contributed by atoms with Gasteiger partial charge in [0.25, 0.3) is 0 Å². The molecule has 0 bridgehead atoms. The van der Waals surface area contributed by atoms with Crippen LogP contribution in [-0.2, 0) is 6.54 Å². The van der Waals surface area contributed by atoms with E-state index in [9.17, 15) is 4.79 Å². The number of hydrogen-bond acceptors (Lipinski definition) is 2. The van der Waals surface area contributed by atoms with Gasteiger partial charge in [-0.05, 0) is 12.3 Å². The Labute approximate surface area is 104 Å². The Morgan fingerprint density at radius 1 is 1.24 bits per heavy atom. The summed E-state index contributed by atoms with van der Waals surface area (Å²) >= 11 is 0. The number of imidazole rings is 1. The first kappa shape index (κ1) is 13.9. The van der Waals surface area contributed by atoms with Crippen molar-refractivity contribution in [3.8, 4) is 0 Å². The Hall–Kier alpha value is -1.12. The molecule has 0 atom stereocenters. The molecule has 1 rings (SSSR count). The average molecular weight is 236 g/mol. The molecule has 0 amide bonds. The van der Waals surface area contributed by atoms with Crippen molar-refractivity contribution in [2.45, 2.75) is 55.0 Å². The number of carbonyl (C=O) groups excluding carboxylic acids is 1. The van der Waals surface area contributed by atoms with E-state index >= 15 is 0 Å². The molecule has 0 aliphatic carbocycles. The van der Waals surface area contributed by atoms with Crippen LogP contribution in [0.5, 0.6) is 0 Å². The molecule has 1 aromatic heterocycles. The second-order valence-corrected chi connectivity index (χ2v) is 6.95. The van der Waals surface area contributed by atoms with Gasteiger partial charge >= 0.3 is 0 Å². The summed E-state index contributed by atoms with van der Waals surface area (Å²) in [4.78, 5) is 16.5. The minimum absolute atomic E-state index is 0.114. The zero-order chi connectivity index (χ0) is 13.4. The van der Waals surface area contributed by atoms with Gasteiger partial charge in [0.15, 0.2) is 5.78 Å². The summed E-state index contributed by atoms with van der Waals surface area (Å²) in [6, 6.07) is 0. The van der Waals surface area contributed by atoms with E-state index in [2.05, 4.69) is 30.3 Å². The molecule has 0 spiro atoms. The topological polar surface area (TPSA) is 34.9 Å². The first-order valence-electron chi connectivity index (χ1n) is 6.09. The highest BCUT2D eigenvalue weighted by Crippen LogP contribution is 2.24. The fourth-order valence-electron chi connectivity index (χ4n) is 1.69. The lowest BCUT2D eigenvalue weighted by Gasteiger charge is -2.20. The number of carbonyl (C=O) groups is 1. The fourth-order valence-corrected chi connectivity index (χ4v) is 1.69. The van der Waals surface area contributed by atoms with Gasteiger partial charge in [0.2, 0.25) is 0 Å². The van der Waals surface area contributed by atoms with Crippen molar-refractivity contribution in [2.24, 2.45) is 10.8 Å². The highest BCUT2D eigenvalue weighted by atomic mass is 16.1. The molecule has 1 heterocycles. The maximum Gasteiger partial charge on any atom is 0.188 e. The smallest absolute Gasteiger partial charge is 0.188 e. The molecular weight excluding hydrogens is 212 g/mol. The molecule has 1 aromatic rings.